The number of anilines is 1. The van der Waals surface area contributed by atoms with Gasteiger partial charge < -0.3 is 10.4 Å². The molecule has 4 nitrogen and oxygen atoms in total. The molecule has 1 heterocycles. The lowest BCUT2D eigenvalue weighted by Gasteiger charge is -2.20. The average Bonchev–Trinajstić information content (AvgIpc) is 2.94. The van der Waals surface area contributed by atoms with E-state index in [-0.39, 0.29) is 23.4 Å². The topological polar surface area (TPSA) is 62.2 Å². The molecule has 1 aromatic rings. The lowest BCUT2D eigenvalue weighted by molar-refractivity contribution is -0.121. The molecule has 0 aliphatic heterocycles. The first-order valence-corrected chi connectivity index (χ1v) is 6.19. The van der Waals surface area contributed by atoms with Crippen LogP contribution in [-0.4, -0.2) is 16.0 Å². The van der Waals surface area contributed by atoms with Gasteiger partial charge >= 0.3 is 0 Å². The number of aromatic nitrogens is 1. The number of carbonyl (C=O) groups excluding carboxylic acids is 1. The maximum Gasteiger partial charge on any atom is 0.229 e. The van der Waals surface area contributed by atoms with Crippen molar-refractivity contribution in [3.63, 3.8) is 0 Å². The molecule has 2 saturated carbocycles. The highest BCUT2D eigenvalue weighted by atomic mass is 16.3. The van der Waals surface area contributed by atoms with Gasteiger partial charge in [-0.1, -0.05) is 6.42 Å². The third-order valence-corrected chi connectivity index (χ3v) is 4.10. The molecule has 2 N–H and O–H groups in total. The summed E-state index contributed by atoms with van der Waals surface area (Å²) < 4.78 is 0. The molecule has 3 rings (SSSR count). The van der Waals surface area contributed by atoms with Gasteiger partial charge in [-0.2, -0.15) is 0 Å². The highest BCUT2D eigenvalue weighted by Gasteiger charge is 2.43. The maximum absolute atomic E-state index is 12.1. The van der Waals surface area contributed by atoms with E-state index in [2.05, 4.69) is 10.3 Å². The van der Waals surface area contributed by atoms with E-state index in [0.717, 1.165) is 12.3 Å². The van der Waals surface area contributed by atoms with Crippen LogP contribution >= 0.6 is 0 Å². The van der Waals surface area contributed by atoms with Crippen LogP contribution in [0.2, 0.25) is 0 Å². The quantitative estimate of drug-likeness (QED) is 0.821. The Labute approximate surface area is 100 Å². The van der Waals surface area contributed by atoms with Crippen LogP contribution in [0.5, 0.6) is 5.75 Å². The Bertz CT molecular complexity index is 447. The molecule has 0 aromatic carbocycles. The zero-order chi connectivity index (χ0) is 11.8. The summed E-state index contributed by atoms with van der Waals surface area (Å²) in [5, 5.41) is 12.3. The van der Waals surface area contributed by atoms with Crippen molar-refractivity contribution < 1.29 is 9.90 Å². The summed E-state index contributed by atoms with van der Waals surface area (Å²) in [6, 6.07) is 3.17. The van der Waals surface area contributed by atoms with Gasteiger partial charge in [0.1, 0.15) is 0 Å². The highest BCUT2D eigenvalue weighted by Crippen LogP contribution is 2.48. The van der Waals surface area contributed by atoms with Crippen molar-refractivity contribution in [1.82, 2.24) is 4.98 Å². The zero-order valence-corrected chi connectivity index (χ0v) is 9.60. The van der Waals surface area contributed by atoms with Gasteiger partial charge in [-0.25, -0.2) is 4.98 Å². The van der Waals surface area contributed by atoms with E-state index in [1.54, 1.807) is 12.3 Å². The molecule has 1 amide bonds. The Morgan fingerprint density at radius 1 is 1.41 bits per heavy atom. The molecule has 0 radical (unpaired) electrons. The number of pyridine rings is 1. The standard InChI is InChI=1S/C13H16N2O2/c16-11-2-1-5-14-12(11)15-13(17)10-7-8-3-4-9(10)6-8/h1-2,5,8-10,16H,3-4,6-7H2,(H,14,15,17)/t8-,9-,10+/m0/s1. The molecule has 4 heteroatoms. The largest absolute Gasteiger partial charge is 0.504 e. The van der Waals surface area contributed by atoms with E-state index in [1.165, 1.54) is 25.3 Å². The van der Waals surface area contributed by atoms with Crippen LogP contribution < -0.4 is 5.32 Å². The van der Waals surface area contributed by atoms with Crippen molar-refractivity contribution in [3.05, 3.63) is 18.3 Å². The fourth-order valence-electron chi connectivity index (χ4n) is 3.27. The molecule has 2 aliphatic rings. The fourth-order valence-corrected chi connectivity index (χ4v) is 3.27. The molecule has 17 heavy (non-hydrogen) atoms. The predicted molar refractivity (Wildman–Crippen MR) is 63.5 cm³/mol. The second-order valence-electron chi connectivity index (χ2n) is 5.14. The van der Waals surface area contributed by atoms with Crippen LogP contribution in [0.4, 0.5) is 5.82 Å². The van der Waals surface area contributed by atoms with E-state index < -0.39 is 0 Å². The highest BCUT2D eigenvalue weighted by molar-refractivity contribution is 5.93. The maximum atomic E-state index is 12.1. The molecule has 2 fully saturated rings. The smallest absolute Gasteiger partial charge is 0.229 e. The van der Waals surface area contributed by atoms with Gasteiger partial charge in [0.25, 0.3) is 0 Å². The van der Waals surface area contributed by atoms with E-state index in [4.69, 9.17) is 0 Å². The van der Waals surface area contributed by atoms with Gasteiger partial charge in [0.05, 0.1) is 0 Å². The third kappa shape index (κ3) is 1.88. The molecular formula is C13H16N2O2. The molecule has 2 bridgehead atoms. The third-order valence-electron chi connectivity index (χ3n) is 4.10. The van der Waals surface area contributed by atoms with Crippen molar-refractivity contribution >= 4 is 11.7 Å². The normalized spacial score (nSPS) is 30.5. The number of rotatable bonds is 2. The number of aromatic hydroxyl groups is 1. The van der Waals surface area contributed by atoms with Crippen molar-refractivity contribution in [2.24, 2.45) is 17.8 Å². The Morgan fingerprint density at radius 2 is 2.29 bits per heavy atom. The Balaban J connectivity index is 1.70. The van der Waals surface area contributed by atoms with Gasteiger partial charge in [-0.3, -0.25) is 4.79 Å². The van der Waals surface area contributed by atoms with Crippen LogP contribution in [0.25, 0.3) is 0 Å². The minimum atomic E-state index is 0.0196. The number of hydrogen-bond acceptors (Lipinski definition) is 3. The van der Waals surface area contributed by atoms with Gasteiger partial charge in [0.15, 0.2) is 11.6 Å². The SMILES string of the molecule is O=C(Nc1ncccc1O)[C@@H]1C[C@H]2CC[C@H]1C2. The van der Waals surface area contributed by atoms with Crippen LogP contribution in [0.3, 0.4) is 0 Å². The Kier molecular flexibility index (Phi) is 2.50. The summed E-state index contributed by atoms with van der Waals surface area (Å²) in [7, 11) is 0. The first-order valence-electron chi connectivity index (χ1n) is 6.19. The summed E-state index contributed by atoms with van der Waals surface area (Å²) in [5.74, 6) is 1.74. The Morgan fingerprint density at radius 3 is 2.94 bits per heavy atom. The molecule has 0 spiro atoms. The second-order valence-corrected chi connectivity index (χ2v) is 5.14. The van der Waals surface area contributed by atoms with Crippen LogP contribution in [0.15, 0.2) is 18.3 Å². The van der Waals surface area contributed by atoms with Gasteiger partial charge in [0, 0.05) is 12.1 Å². The minimum absolute atomic E-state index is 0.0196. The molecule has 3 atom stereocenters. The van der Waals surface area contributed by atoms with E-state index >= 15 is 0 Å². The van der Waals surface area contributed by atoms with Crippen LogP contribution in [0.1, 0.15) is 25.7 Å². The van der Waals surface area contributed by atoms with Gasteiger partial charge in [0.2, 0.25) is 5.91 Å². The lowest BCUT2D eigenvalue weighted by Crippen LogP contribution is -2.27. The molecular weight excluding hydrogens is 216 g/mol. The number of amides is 1. The van der Waals surface area contributed by atoms with Crippen LogP contribution in [-0.2, 0) is 4.79 Å². The average molecular weight is 232 g/mol. The number of nitrogens with zero attached hydrogens (tertiary/aromatic N) is 1. The van der Waals surface area contributed by atoms with Crippen molar-refractivity contribution in [1.29, 1.82) is 0 Å². The minimum Gasteiger partial charge on any atom is -0.504 e. The van der Waals surface area contributed by atoms with Gasteiger partial charge in [-0.15, -0.1) is 0 Å². The summed E-state index contributed by atoms with van der Waals surface area (Å²) in [6.07, 6.45) is 6.23. The predicted octanol–water partition coefficient (Wildman–Crippen LogP) is 2.16. The Hall–Kier alpha value is -1.58. The molecule has 2 aliphatic carbocycles. The summed E-state index contributed by atoms with van der Waals surface area (Å²) in [4.78, 5) is 16.1. The number of carbonyl (C=O) groups is 1. The molecule has 0 saturated heterocycles. The summed E-state index contributed by atoms with van der Waals surface area (Å²) in [5.41, 5.74) is 0. The summed E-state index contributed by atoms with van der Waals surface area (Å²) in [6.45, 7) is 0. The van der Waals surface area contributed by atoms with Crippen molar-refractivity contribution in [2.75, 3.05) is 5.32 Å². The summed E-state index contributed by atoms with van der Waals surface area (Å²) >= 11 is 0. The first-order chi connectivity index (χ1) is 8.24. The van der Waals surface area contributed by atoms with Gasteiger partial charge in [-0.05, 0) is 43.2 Å². The monoisotopic (exact) mass is 232 g/mol. The molecule has 90 valence electrons. The first kappa shape index (κ1) is 10.6. The molecule has 1 aromatic heterocycles. The van der Waals surface area contributed by atoms with E-state index in [9.17, 15) is 9.90 Å². The zero-order valence-electron chi connectivity index (χ0n) is 9.60. The number of fused-ring (bicyclic) bond motifs is 2. The lowest BCUT2D eigenvalue weighted by atomic mass is 9.88. The molecule has 0 unspecified atom stereocenters. The fraction of sp³-hybridized carbons (Fsp3) is 0.538. The van der Waals surface area contributed by atoms with Crippen LogP contribution in [0, 0.1) is 17.8 Å². The van der Waals surface area contributed by atoms with E-state index in [0.29, 0.717) is 5.92 Å². The number of nitrogens with one attached hydrogen (secondary N) is 1. The van der Waals surface area contributed by atoms with E-state index in [1.807, 2.05) is 0 Å². The van der Waals surface area contributed by atoms with Crippen molar-refractivity contribution in [3.8, 4) is 5.75 Å². The number of hydrogen-bond donors (Lipinski definition) is 2. The van der Waals surface area contributed by atoms with Crippen molar-refractivity contribution in [2.45, 2.75) is 25.7 Å². The second kappa shape index (κ2) is 4.02.